The maximum atomic E-state index is 4.50. The van der Waals surface area contributed by atoms with E-state index in [1.807, 2.05) is 6.20 Å². The van der Waals surface area contributed by atoms with Crippen molar-refractivity contribution < 1.29 is 0 Å². The van der Waals surface area contributed by atoms with Crippen molar-refractivity contribution in [3.8, 4) is 0 Å². The lowest BCUT2D eigenvalue weighted by atomic mass is 9.89. The molecule has 15 heavy (non-hydrogen) atoms. The van der Waals surface area contributed by atoms with E-state index in [1.165, 1.54) is 17.7 Å². The van der Waals surface area contributed by atoms with Crippen molar-refractivity contribution in [1.29, 1.82) is 0 Å². The van der Waals surface area contributed by atoms with E-state index in [2.05, 4.69) is 51.7 Å². The van der Waals surface area contributed by atoms with Crippen molar-refractivity contribution in [2.24, 2.45) is 5.41 Å². The van der Waals surface area contributed by atoms with Gasteiger partial charge in [-0.05, 0) is 35.8 Å². The Balaban J connectivity index is 2.57. The van der Waals surface area contributed by atoms with E-state index in [9.17, 15) is 0 Å². The Kier molecular flexibility index (Phi) is 3.90. The SMILES string of the molecule is CC(C)c1ccc(CCC(C)(C)C)nc1. The second-order valence-corrected chi connectivity index (χ2v) is 5.80. The molecule has 0 aliphatic carbocycles. The molecule has 0 fully saturated rings. The third kappa shape index (κ3) is 4.46. The summed E-state index contributed by atoms with van der Waals surface area (Å²) in [6.45, 7) is 11.2. The molecule has 1 aromatic heterocycles. The summed E-state index contributed by atoms with van der Waals surface area (Å²) < 4.78 is 0. The minimum Gasteiger partial charge on any atom is -0.261 e. The number of hydrogen-bond donors (Lipinski definition) is 0. The van der Waals surface area contributed by atoms with Crippen LogP contribution in [-0.4, -0.2) is 4.98 Å². The summed E-state index contributed by atoms with van der Waals surface area (Å²) in [5, 5.41) is 0. The predicted octanol–water partition coefficient (Wildman–Crippen LogP) is 4.18. The number of pyridine rings is 1. The Morgan fingerprint density at radius 2 is 1.87 bits per heavy atom. The van der Waals surface area contributed by atoms with Gasteiger partial charge in [-0.2, -0.15) is 0 Å². The van der Waals surface area contributed by atoms with Crippen molar-refractivity contribution in [2.45, 2.75) is 53.4 Å². The topological polar surface area (TPSA) is 12.9 Å². The second-order valence-electron chi connectivity index (χ2n) is 5.80. The zero-order valence-electron chi connectivity index (χ0n) is 10.7. The van der Waals surface area contributed by atoms with Gasteiger partial charge in [0.25, 0.3) is 0 Å². The highest BCUT2D eigenvalue weighted by Crippen LogP contribution is 2.21. The fraction of sp³-hybridized carbons (Fsp3) is 0.643. The van der Waals surface area contributed by atoms with Gasteiger partial charge in [0.2, 0.25) is 0 Å². The molecule has 0 aliphatic heterocycles. The Bertz CT molecular complexity index is 290. The van der Waals surface area contributed by atoms with Crippen LogP contribution in [0.5, 0.6) is 0 Å². The van der Waals surface area contributed by atoms with Crippen molar-refractivity contribution in [2.75, 3.05) is 0 Å². The predicted molar refractivity (Wildman–Crippen MR) is 66.1 cm³/mol. The van der Waals surface area contributed by atoms with Crippen LogP contribution in [0, 0.1) is 5.41 Å². The molecule has 0 amide bonds. The number of nitrogens with zero attached hydrogens (tertiary/aromatic N) is 1. The molecule has 0 N–H and O–H groups in total. The molecular formula is C14H23N. The summed E-state index contributed by atoms with van der Waals surface area (Å²) >= 11 is 0. The Labute approximate surface area is 93.9 Å². The first-order chi connectivity index (χ1) is 6.88. The third-order valence-corrected chi connectivity index (χ3v) is 2.65. The average molecular weight is 205 g/mol. The minimum atomic E-state index is 0.401. The van der Waals surface area contributed by atoms with Crippen LogP contribution in [0.4, 0.5) is 0 Å². The van der Waals surface area contributed by atoms with Crippen molar-refractivity contribution in [3.63, 3.8) is 0 Å². The van der Waals surface area contributed by atoms with Crippen molar-refractivity contribution >= 4 is 0 Å². The monoisotopic (exact) mass is 205 g/mol. The molecule has 84 valence electrons. The second kappa shape index (κ2) is 4.78. The average Bonchev–Trinajstić information content (AvgIpc) is 2.14. The van der Waals surface area contributed by atoms with Crippen molar-refractivity contribution in [1.82, 2.24) is 4.98 Å². The van der Waals surface area contributed by atoms with E-state index in [0.717, 1.165) is 6.42 Å². The lowest BCUT2D eigenvalue weighted by Crippen LogP contribution is -2.07. The Morgan fingerprint density at radius 3 is 2.27 bits per heavy atom. The van der Waals surface area contributed by atoms with Crippen LogP contribution in [0.25, 0.3) is 0 Å². The molecule has 1 heterocycles. The van der Waals surface area contributed by atoms with Gasteiger partial charge in [0.1, 0.15) is 0 Å². The lowest BCUT2D eigenvalue weighted by Gasteiger charge is -2.17. The molecule has 0 saturated carbocycles. The molecule has 1 nitrogen and oxygen atoms in total. The molecule has 0 saturated heterocycles. The highest BCUT2D eigenvalue weighted by Gasteiger charge is 2.10. The zero-order chi connectivity index (χ0) is 11.5. The Hall–Kier alpha value is -0.850. The summed E-state index contributed by atoms with van der Waals surface area (Å²) in [6.07, 6.45) is 4.30. The van der Waals surface area contributed by atoms with Gasteiger partial charge < -0.3 is 0 Å². The molecule has 0 spiro atoms. The lowest BCUT2D eigenvalue weighted by molar-refractivity contribution is 0.376. The molecular weight excluding hydrogens is 182 g/mol. The summed E-state index contributed by atoms with van der Waals surface area (Å²) in [5.41, 5.74) is 2.95. The largest absolute Gasteiger partial charge is 0.261 e. The fourth-order valence-corrected chi connectivity index (χ4v) is 1.43. The summed E-state index contributed by atoms with van der Waals surface area (Å²) in [5.74, 6) is 0.578. The van der Waals surface area contributed by atoms with E-state index in [4.69, 9.17) is 0 Å². The van der Waals surface area contributed by atoms with Crippen LogP contribution in [0.3, 0.4) is 0 Å². The molecule has 0 atom stereocenters. The van der Waals surface area contributed by atoms with Gasteiger partial charge in [0, 0.05) is 11.9 Å². The quantitative estimate of drug-likeness (QED) is 0.721. The molecule has 0 radical (unpaired) electrons. The van der Waals surface area contributed by atoms with Gasteiger partial charge in [0.05, 0.1) is 0 Å². The summed E-state index contributed by atoms with van der Waals surface area (Å²) in [6, 6.07) is 4.37. The standard InChI is InChI=1S/C14H23N/c1-11(2)12-6-7-13(15-10-12)8-9-14(3,4)5/h6-7,10-11H,8-9H2,1-5H3. The fourth-order valence-electron chi connectivity index (χ4n) is 1.43. The smallest absolute Gasteiger partial charge is 0.0404 e. The minimum absolute atomic E-state index is 0.401. The van der Waals surface area contributed by atoms with Crippen molar-refractivity contribution in [3.05, 3.63) is 29.6 Å². The molecule has 0 unspecified atom stereocenters. The van der Waals surface area contributed by atoms with E-state index >= 15 is 0 Å². The van der Waals surface area contributed by atoms with Crippen LogP contribution in [0.1, 0.15) is 58.2 Å². The van der Waals surface area contributed by atoms with Gasteiger partial charge in [-0.15, -0.1) is 0 Å². The zero-order valence-corrected chi connectivity index (χ0v) is 10.7. The van der Waals surface area contributed by atoms with E-state index in [-0.39, 0.29) is 0 Å². The maximum Gasteiger partial charge on any atom is 0.0404 e. The van der Waals surface area contributed by atoms with Crippen LogP contribution in [0.15, 0.2) is 18.3 Å². The van der Waals surface area contributed by atoms with Crippen LogP contribution >= 0.6 is 0 Å². The first-order valence-electron chi connectivity index (χ1n) is 5.83. The van der Waals surface area contributed by atoms with E-state index in [1.54, 1.807) is 0 Å². The van der Waals surface area contributed by atoms with Gasteiger partial charge in [0.15, 0.2) is 0 Å². The first-order valence-corrected chi connectivity index (χ1v) is 5.83. The summed E-state index contributed by atoms with van der Waals surface area (Å²) in [4.78, 5) is 4.50. The summed E-state index contributed by atoms with van der Waals surface area (Å²) in [7, 11) is 0. The van der Waals surface area contributed by atoms with Gasteiger partial charge >= 0.3 is 0 Å². The first kappa shape index (κ1) is 12.2. The number of aryl methyl sites for hydroxylation is 1. The van der Waals surface area contributed by atoms with Crippen LogP contribution < -0.4 is 0 Å². The van der Waals surface area contributed by atoms with Gasteiger partial charge in [-0.3, -0.25) is 4.98 Å². The molecule has 1 aromatic rings. The van der Waals surface area contributed by atoms with Crippen LogP contribution in [-0.2, 0) is 6.42 Å². The highest BCUT2D eigenvalue weighted by atomic mass is 14.7. The Morgan fingerprint density at radius 1 is 1.20 bits per heavy atom. The number of rotatable bonds is 3. The molecule has 1 rings (SSSR count). The number of hydrogen-bond acceptors (Lipinski definition) is 1. The van der Waals surface area contributed by atoms with Crippen LogP contribution in [0.2, 0.25) is 0 Å². The van der Waals surface area contributed by atoms with Gasteiger partial charge in [-0.1, -0.05) is 40.7 Å². The molecule has 1 heteroatoms. The normalized spacial score (nSPS) is 12.1. The molecule has 0 bridgehead atoms. The van der Waals surface area contributed by atoms with Gasteiger partial charge in [-0.25, -0.2) is 0 Å². The number of aromatic nitrogens is 1. The molecule has 0 aromatic carbocycles. The highest BCUT2D eigenvalue weighted by molar-refractivity contribution is 5.17. The van der Waals surface area contributed by atoms with E-state index in [0.29, 0.717) is 11.3 Å². The third-order valence-electron chi connectivity index (χ3n) is 2.65. The molecule has 0 aliphatic rings. The maximum absolute atomic E-state index is 4.50. The van der Waals surface area contributed by atoms with E-state index < -0.39 is 0 Å².